The Morgan fingerprint density at radius 3 is 2.55 bits per heavy atom. The van der Waals surface area contributed by atoms with Gasteiger partial charge in [-0.1, -0.05) is 36.4 Å². The zero-order chi connectivity index (χ0) is 14.4. The molecule has 0 heterocycles. The maximum atomic E-state index is 10.1. The predicted octanol–water partition coefficient (Wildman–Crippen LogP) is 2.27. The SMILES string of the molecule is COc1ccc(CN)c(OCC(O)c2ccccc2)c1. The molecule has 0 amide bonds. The van der Waals surface area contributed by atoms with E-state index in [1.807, 2.05) is 42.5 Å². The number of hydrogen-bond donors (Lipinski definition) is 2. The van der Waals surface area contributed by atoms with Crippen molar-refractivity contribution in [2.45, 2.75) is 12.6 Å². The van der Waals surface area contributed by atoms with Gasteiger partial charge in [-0.25, -0.2) is 0 Å². The Kier molecular flexibility index (Phi) is 4.98. The topological polar surface area (TPSA) is 64.7 Å². The van der Waals surface area contributed by atoms with Gasteiger partial charge in [-0.3, -0.25) is 0 Å². The van der Waals surface area contributed by atoms with Gasteiger partial charge in [-0.05, 0) is 11.6 Å². The van der Waals surface area contributed by atoms with Crippen LogP contribution in [-0.4, -0.2) is 18.8 Å². The van der Waals surface area contributed by atoms with Gasteiger partial charge in [0.05, 0.1) is 7.11 Å². The fourth-order valence-corrected chi connectivity index (χ4v) is 1.90. The number of aliphatic hydroxyl groups excluding tert-OH is 1. The average molecular weight is 273 g/mol. The molecule has 0 spiro atoms. The van der Waals surface area contributed by atoms with Crippen molar-refractivity contribution in [3.63, 3.8) is 0 Å². The van der Waals surface area contributed by atoms with Crippen molar-refractivity contribution in [3.8, 4) is 11.5 Å². The predicted molar refractivity (Wildman–Crippen MR) is 77.8 cm³/mol. The maximum absolute atomic E-state index is 10.1. The molecule has 3 N–H and O–H groups in total. The van der Waals surface area contributed by atoms with Gasteiger partial charge in [0.2, 0.25) is 0 Å². The number of methoxy groups -OCH3 is 1. The highest BCUT2D eigenvalue weighted by atomic mass is 16.5. The molecule has 4 heteroatoms. The van der Waals surface area contributed by atoms with E-state index in [9.17, 15) is 5.11 Å². The number of hydrogen-bond acceptors (Lipinski definition) is 4. The van der Waals surface area contributed by atoms with Crippen LogP contribution in [0.4, 0.5) is 0 Å². The summed E-state index contributed by atoms with van der Waals surface area (Å²) in [5.74, 6) is 1.34. The Hall–Kier alpha value is -2.04. The molecule has 2 aromatic carbocycles. The van der Waals surface area contributed by atoms with Gasteiger partial charge in [0.1, 0.15) is 24.2 Å². The van der Waals surface area contributed by atoms with Gasteiger partial charge in [0.15, 0.2) is 0 Å². The lowest BCUT2D eigenvalue weighted by Gasteiger charge is -2.15. The second kappa shape index (κ2) is 6.93. The lowest BCUT2D eigenvalue weighted by atomic mass is 10.1. The van der Waals surface area contributed by atoms with Gasteiger partial charge in [-0.2, -0.15) is 0 Å². The molecule has 0 aliphatic rings. The van der Waals surface area contributed by atoms with Crippen molar-refractivity contribution >= 4 is 0 Å². The Balaban J connectivity index is 2.06. The van der Waals surface area contributed by atoms with Crippen LogP contribution in [0.2, 0.25) is 0 Å². The van der Waals surface area contributed by atoms with E-state index in [0.717, 1.165) is 11.1 Å². The average Bonchev–Trinajstić information content (AvgIpc) is 2.53. The van der Waals surface area contributed by atoms with Crippen molar-refractivity contribution in [3.05, 3.63) is 59.7 Å². The number of ether oxygens (including phenoxy) is 2. The van der Waals surface area contributed by atoms with Crippen molar-refractivity contribution in [1.29, 1.82) is 0 Å². The molecule has 0 saturated heterocycles. The Bertz CT molecular complexity index is 543. The van der Waals surface area contributed by atoms with E-state index in [2.05, 4.69) is 0 Å². The highest BCUT2D eigenvalue weighted by molar-refractivity contribution is 5.40. The third kappa shape index (κ3) is 3.50. The molecule has 2 aromatic rings. The molecule has 4 nitrogen and oxygen atoms in total. The largest absolute Gasteiger partial charge is 0.497 e. The quantitative estimate of drug-likeness (QED) is 0.847. The van der Waals surface area contributed by atoms with Crippen molar-refractivity contribution < 1.29 is 14.6 Å². The van der Waals surface area contributed by atoms with Crippen LogP contribution < -0.4 is 15.2 Å². The first kappa shape index (κ1) is 14.4. The van der Waals surface area contributed by atoms with Crippen LogP contribution in [0.1, 0.15) is 17.2 Å². The summed E-state index contributed by atoms with van der Waals surface area (Å²) in [7, 11) is 1.60. The first-order chi connectivity index (χ1) is 9.74. The Labute approximate surface area is 118 Å². The fourth-order valence-electron chi connectivity index (χ4n) is 1.90. The molecule has 20 heavy (non-hydrogen) atoms. The molecule has 106 valence electrons. The lowest BCUT2D eigenvalue weighted by Crippen LogP contribution is -2.11. The minimum atomic E-state index is -0.673. The van der Waals surface area contributed by atoms with E-state index in [4.69, 9.17) is 15.2 Å². The molecule has 0 saturated carbocycles. The summed E-state index contributed by atoms with van der Waals surface area (Å²) in [5.41, 5.74) is 7.38. The van der Waals surface area contributed by atoms with Gasteiger partial charge < -0.3 is 20.3 Å². The number of aliphatic hydroxyl groups is 1. The van der Waals surface area contributed by atoms with E-state index in [1.165, 1.54) is 0 Å². The third-order valence-electron chi connectivity index (χ3n) is 3.08. The molecule has 0 fully saturated rings. The highest BCUT2D eigenvalue weighted by Crippen LogP contribution is 2.25. The maximum Gasteiger partial charge on any atom is 0.127 e. The molecule has 0 radical (unpaired) electrons. The Morgan fingerprint density at radius 1 is 1.15 bits per heavy atom. The number of nitrogens with two attached hydrogens (primary N) is 1. The van der Waals surface area contributed by atoms with Crippen LogP contribution in [0.5, 0.6) is 11.5 Å². The van der Waals surface area contributed by atoms with E-state index >= 15 is 0 Å². The monoisotopic (exact) mass is 273 g/mol. The van der Waals surface area contributed by atoms with Crippen LogP contribution in [0, 0.1) is 0 Å². The molecule has 2 rings (SSSR count). The van der Waals surface area contributed by atoms with E-state index < -0.39 is 6.10 Å². The Morgan fingerprint density at radius 2 is 1.90 bits per heavy atom. The smallest absolute Gasteiger partial charge is 0.127 e. The van der Waals surface area contributed by atoms with E-state index in [-0.39, 0.29) is 6.61 Å². The molecule has 0 aromatic heterocycles. The van der Waals surface area contributed by atoms with Crippen LogP contribution in [-0.2, 0) is 6.54 Å². The molecular formula is C16H19NO3. The summed E-state index contributed by atoms with van der Waals surface area (Å²) in [6.07, 6.45) is -0.673. The van der Waals surface area contributed by atoms with Crippen LogP contribution in [0.15, 0.2) is 48.5 Å². The number of benzene rings is 2. The fraction of sp³-hybridized carbons (Fsp3) is 0.250. The van der Waals surface area contributed by atoms with E-state index in [1.54, 1.807) is 13.2 Å². The second-order valence-electron chi connectivity index (χ2n) is 4.42. The van der Waals surface area contributed by atoms with Gasteiger partial charge >= 0.3 is 0 Å². The summed E-state index contributed by atoms with van der Waals surface area (Å²) in [6.45, 7) is 0.547. The second-order valence-corrected chi connectivity index (χ2v) is 4.42. The summed E-state index contributed by atoms with van der Waals surface area (Å²) in [4.78, 5) is 0. The zero-order valence-corrected chi connectivity index (χ0v) is 11.5. The third-order valence-corrected chi connectivity index (χ3v) is 3.08. The van der Waals surface area contributed by atoms with E-state index in [0.29, 0.717) is 18.0 Å². The molecule has 0 aliphatic heterocycles. The van der Waals surface area contributed by atoms with Crippen LogP contribution in [0.3, 0.4) is 0 Å². The van der Waals surface area contributed by atoms with Gasteiger partial charge in [0, 0.05) is 18.2 Å². The number of rotatable bonds is 6. The zero-order valence-electron chi connectivity index (χ0n) is 11.5. The van der Waals surface area contributed by atoms with Gasteiger partial charge in [-0.15, -0.1) is 0 Å². The van der Waals surface area contributed by atoms with Crippen molar-refractivity contribution in [1.82, 2.24) is 0 Å². The van der Waals surface area contributed by atoms with Crippen molar-refractivity contribution in [2.24, 2.45) is 5.73 Å². The minimum absolute atomic E-state index is 0.171. The van der Waals surface area contributed by atoms with Gasteiger partial charge in [0.25, 0.3) is 0 Å². The summed E-state index contributed by atoms with van der Waals surface area (Å²) < 4.78 is 10.8. The van der Waals surface area contributed by atoms with Crippen molar-refractivity contribution in [2.75, 3.05) is 13.7 Å². The molecule has 0 aliphatic carbocycles. The highest BCUT2D eigenvalue weighted by Gasteiger charge is 2.10. The van der Waals surface area contributed by atoms with Crippen LogP contribution in [0.25, 0.3) is 0 Å². The molecule has 1 atom stereocenters. The van der Waals surface area contributed by atoms with Crippen LogP contribution >= 0.6 is 0 Å². The standard InChI is InChI=1S/C16H19NO3/c1-19-14-8-7-13(10-17)16(9-14)20-11-15(18)12-5-3-2-4-6-12/h2-9,15,18H,10-11,17H2,1H3. The minimum Gasteiger partial charge on any atom is -0.497 e. The summed E-state index contributed by atoms with van der Waals surface area (Å²) >= 11 is 0. The lowest BCUT2D eigenvalue weighted by molar-refractivity contribution is 0.107. The molecule has 1 unspecified atom stereocenters. The molecular weight excluding hydrogens is 254 g/mol. The first-order valence-corrected chi connectivity index (χ1v) is 6.47. The summed E-state index contributed by atoms with van der Waals surface area (Å²) in [5, 5.41) is 10.1. The molecule has 0 bridgehead atoms. The first-order valence-electron chi connectivity index (χ1n) is 6.47. The normalized spacial score (nSPS) is 11.9. The summed E-state index contributed by atoms with van der Waals surface area (Å²) in [6, 6.07) is 14.9.